The first-order chi connectivity index (χ1) is 6.77. The van der Waals surface area contributed by atoms with Crippen molar-refractivity contribution in [2.24, 2.45) is 0 Å². The molecule has 2 rings (SSSR count). The molecule has 4 heteroatoms. The molecule has 0 aliphatic carbocycles. The Labute approximate surface area is 94.9 Å². The van der Waals surface area contributed by atoms with Crippen molar-refractivity contribution in [1.82, 2.24) is 4.98 Å². The number of anilines is 1. The van der Waals surface area contributed by atoms with Crippen LogP contribution < -0.4 is 5.73 Å². The van der Waals surface area contributed by atoms with E-state index in [2.05, 4.69) is 26.3 Å². The van der Waals surface area contributed by atoms with Crippen LogP contribution in [0.15, 0.2) is 34.2 Å². The second-order valence-corrected chi connectivity index (χ2v) is 4.77. The third kappa shape index (κ3) is 1.96. The normalized spacial score (nSPS) is 10.4. The maximum atomic E-state index is 5.77. The summed E-state index contributed by atoms with van der Waals surface area (Å²) in [5.74, 6) is 0.618. The maximum Gasteiger partial charge on any atom is 0.126 e. The first-order valence-corrected chi connectivity index (χ1v) is 5.86. The Bertz CT molecular complexity index is 439. The summed E-state index contributed by atoms with van der Waals surface area (Å²) < 4.78 is 1.14. The highest BCUT2D eigenvalue weighted by Crippen LogP contribution is 2.26. The molecular weight excluding hydrogens is 260 g/mol. The van der Waals surface area contributed by atoms with Crippen molar-refractivity contribution in [1.29, 1.82) is 0 Å². The Hall–Kier alpha value is -0.870. The number of thiophene rings is 1. The van der Waals surface area contributed by atoms with Gasteiger partial charge in [0.2, 0.25) is 0 Å². The van der Waals surface area contributed by atoms with Crippen LogP contribution in [0.3, 0.4) is 0 Å². The zero-order valence-electron chi connectivity index (χ0n) is 7.40. The lowest BCUT2D eigenvalue weighted by Gasteiger charge is -2.02. The lowest BCUT2D eigenvalue weighted by atomic mass is 10.1. The van der Waals surface area contributed by atoms with E-state index in [1.807, 2.05) is 18.2 Å². The molecule has 2 nitrogen and oxygen atoms in total. The molecule has 0 amide bonds. The van der Waals surface area contributed by atoms with Crippen LogP contribution in [0.5, 0.6) is 0 Å². The zero-order valence-corrected chi connectivity index (χ0v) is 9.81. The fourth-order valence-corrected chi connectivity index (χ4v) is 2.74. The van der Waals surface area contributed by atoms with E-state index in [9.17, 15) is 0 Å². The van der Waals surface area contributed by atoms with Gasteiger partial charge in [-0.3, -0.25) is 0 Å². The van der Waals surface area contributed by atoms with Crippen LogP contribution in [0.2, 0.25) is 0 Å². The number of nitrogens with two attached hydrogens (primary N) is 1. The van der Waals surface area contributed by atoms with Gasteiger partial charge in [0.25, 0.3) is 0 Å². The number of rotatable bonds is 2. The summed E-state index contributed by atoms with van der Waals surface area (Å²) in [7, 11) is 0. The van der Waals surface area contributed by atoms with Gasteiger partial charge in [0.05, 0.1) is 0 Å². The van der Waals surface area contributed by atoms with Crippen LogP contribution >= 0.6 is 27.3 Å². The van der Waals surface area contributed by atoms with Crippen LogP contribution in [-0.2, 0) is 6.42 Å². The number of nitrogens with zero attached hydrogens (tertiary/aromatic N) is 1. The molecule has 2 N–H and O–H groups in total. The van der Waals surface area contributed by atoms with Crippen LogP contribution in [0.1, 0.15) is 10.4 Å². The quantitative estimate of drug-likeness (QED) is 0.909. The lowest BCUT2D eigenvalue weighted by Crippen LogP contribution is -1.96. The molecule has 14 heavy (non-hydrogen) atoms. The average Bonchev–Trinajstić information content (AvgIpc) is 2.56. The molecule has 0 saturated carbocycles. The Morgan fingerprint density at radius 2 is 2.29 bits per heavy atom. The summed E-state index contributed by atoms with van der Waals surface area (Å²) in [5, 5.41) is 2.06. The Kier molecular flexibility index (Phi) is 2.84. The third-order valence-electron chi connectivity index (χ3n) is 1.97. The largest absolute Gasteiger partial charge is 0.383 e. The van der Waals surface area contributed by atoms with Crippen molar-refractivity contribution in [3.8, 4) is 0 Å². The van der Waals surface area contributed by atoms with E-state index in [4.69, 9.17) is 5.73 Å². The SMILES string of the molecule is Nc1ncccc1Cc1sccc1Br. The predicted molar refractivity (Wildman–Crippen MR) is 63.5 cm³/mol. The molecule has 0 bridgehead atoms. The number of aromatic nitrogens is 1. The zero-order chi connectivity index (χ0) is 9.97. The van der Waals surface area contributed by atoms with Gasteiger partial charge in [-0.25, -0.2) is 4.98 Å². The molecule has 0 aliphatic heterocycles. The minimum atomic E-state index is 0.618. The van der Waals surface area contributed by atoms with Gasteiger partial charge in [-0.05, 0) is 39.0 Å². The van der Waals surface area contributed by atoms with Gasteiger partial charge >= 0.3 is 0 Å². The highest BCUT2D eigenvalue weighted by atomic mass is 79.9. The molecular formula is C10H9BrN2S. The molecule has 0 unspecified atom stereocenters. The summed E-state index contributed by atoms with van der Waals surface area (Å²) in [5.41, 5.74) is 6.84. The minimum absolute atomic E-state index is 0.618. The van der Waals surface area contributed by atoms with Gasteiger partial charge < -0.3 is 5.73 Å². The van der Waals surface area contributed by atoms with Crippen LogP contribution in [-0.4, -0.2) is 4.98 Å². The fraction of sp³-hybridized carbons (Fsp3) is 0.100. The molecule has 2 aromatic heterocycles. The van der Waals surface area contributed by atoms with Crippen molar-refractivity contribution < 1.29 is 0 Å². The molecule has 0 aliphatic rings. The molecule has 0 fully saturated rings. The van der Waals surface area contributed by atoms with E-state index in [0.717, 1.165) is 16.5 Å². The topological polar surface area (TPSA) is 38.9 Å². The fourth-order valence-electron chi connectivity index (χ4n) is 1.22. The first kappa shape index (κ1) is 9.68. The van der Waals surface area contributed by atoms with Gasteiger partial charge in [-0.15, -0.1) is 11.3 Å². The Morgan fingerprint density at radius 3 is 2.93 bits per heavy atom. The average molecular weight is 269 g/mol. The van der Waals surface area contributed by atoms with Gasteiger partial charge in [0, 0.05) is 22.0 Å². The monoisotopic (exact) mass is 268 g/mol. The summed E-state index contributed by atoms with van der Waals surface area (Å²) in [4.78, 5) is 5.34. The van der Waals surface area contributed by atoms with E-state index in [0.29, 0.717) is 5.82 Å². The minimum Gasteiger partial charge on any atom is -0.383 e. The van der Waals surface area contributed by atoms with E-state index in [1.165, 1.54) is 4.88 Å². The maximum absolute atomic E-state index is 5.77. The van der Waals surface area contributed by atoms with Crippen molar-refractivity contribution >= 4 is 33.1 Å². The van der Waals surface area contributed by atoms with Crippen molar-refractivity contribution in [3.05, 3.63) is 44.7 Å². The molecule has 0 atom stereocenters. The number of pyridine rings is 1. The lowest BCUT2D eigenvalue weighted by molar-refractivity contribution is 1.18. The van der Waals surface area contributed by atoms with Gasteiger partial charge in [-0.2, -0.15) is 0 Å². The second kappa shape index (κ2) is 4.11. The first-order valence-electron chi connectivity index (χ1n) is 4.18. The smallest absolute Gasteiger partial charge is 0.126 e. The molecule has 72 valence electrons. The summed E-state index contributed by atoms with van der Waals surface area (Å²) in [6.07, 6.45) is 2.56. The second-order valence-electron chi connectivity index (χ2n) is 2.92. The molecule has 2 heterocycles. The van der Waals surface area contributed by atoms with Crippen LogP contribution in [0.25, 0.3) is 0 Å². The molecule has 2 aromatic rings. The number of hydrogen-bond acceptors (Lipinski definition) is 3. The Balaban J connectivity index is 2.28. The van der Waals surface area contributed by atoms with Gasteiger partial charge in [-0.1, -0.05) is 6.07 Å². The van der Waals surface area contributed by atoms with Crippen molar-refractivity contribution in [2.45, 2.75) is 6.42 Å². The predicted octanol–water partition coefficient (Wildman–Crippen LogP) is 3.08. The summed E-state index contributed by atoms with van der Waals surface area (Å²) >= 11 is 5.22. The van der Waals surface area contributed by atoms with E-state index in [1.54, 1.807) is 17.5 Å². The van der Waals surface area contributed by atoms with E-state index >= 15 is 0 Å². The third-order valence-corrected chi connectivity index (χ3v) is 3.89. The van der Waals surface area contributed by atoms with E-state index in [-0.39, 0.29) is 0 Å². The highest BCUT2D eigenvalue weighted by Gasteiger charge is 2.05. The highest BCUT2D eigenvalue weighted by molar-refractivity contribution is 9.10. The van der Waals surface area contributed by atoms with Crippen LogP contribution in [0.4, 0.5) is 5.82 Å². The Morgan fingerprint density at radius 1 is 1.43 bits per heavy atom. The molecule has 0 aromatic carbocycles. The summed E-state index contributed by atoms with van der Waals surface area (Å²) in [6.45, 7) is 0. The molecule has 0 saturated heterocycles. The van der Waals surface area contributed by atoms with Crippen molar-refractivity contribution in [2.75, 3.05) is 5.73 Å². The van der Waals surface area contributed by atoms with Crippen molar-refractivity contribution in [3.63, 3.8) is 0 Å². The van der Waals surface area contributed by atoms with E-state index < -0.39 is 0 Å². The molecule has 0 spiro atoms. The molecule has 0 radical (unpaired) electrons. The van der Waals surface area contributed by atoms with Crippen LogP contribution in [0, 0.1) is 0 Å². The van der Waals surface area contributed by atoms with Gasteiger partial charge in [0.15, 0.2) is 0 Å². The number of hydrogen-bond donors (Lipinski definition) is 1. The standard InChI is InChI=1S/C10H9BrN2S/c11-8-3-5-14-9(8)6-7-2-1-4-13-10(7)12/h1-5H,6H2,(H2,12,13). The number of halogens is 1. The summed E-state index contributed by atoms with van der Waals surface area (Å²) in [6, 6.07) is 5.97. The number of nitrogen functional groups attached to an aromatic ring is 1. The van der Waals surface area contributed by atoms with Gasteiger partial charge in [0.1, 0.15) is 5.82 Å².